The maximum Gasteiger partial charge on any atom is 1.00 e. The minimum absolute atomic E-state index is 0. The SMILES string of the molecule is C1CNCCN1.O=C([O-])c1ccccc1.[Na+]. The molecule has 0 bridgehead atoms. The summed E-state index contributed by atoms with van der Waals surface area (Å²) in [6.07, 6.45) is 0. The molecular formula is C11H15N2NaO2. The first-order chi connectivity index (χ1) is 7.30. The number of carboxylic acid groups (broad SMARTS) is 1. The van der Waals surface area contributed by atoms with E-state index < -0.39 is 5.97 Å². The van der Waals surface area contributed by atoms with Crippen LogP contribution in [0.2, 0.25) is 0 Å². The Morgan fingerprint density at radius 3 is 1.69 bits per heavy atom. The van der Waals surface area contributed by atoms with E-state index in [4.69, 9.17) is 0 Å². The van der Waals surface area contributed by atoms with Crippen LogP contribution in [0, 0.1) is 0 Å². The van der Waals surface area contributed by atoms with E-state index in [0.29, 0.717) is 0 Å². The fourth-order valence-corrected chi connectivity index (χ4v) is 1.18. The molecule has 1 saturated heterocycles. The normalized spacial score (nSPS) is 14.0. The number of carbonyl (C=O) groups is 1. The minimum atomic E-state index is -1.13. The molecule has 1 aromatic rings. The van der Waals surface area contributed by atoms with Crippen molar-refractivity contribution in [2.75, 3.05) is 26.2 Å². The van der Waals surface area contributed by atoms with Crippen molar-refractivity contribution in [3.05, 3.63) is 35.9 Å². The summed E-state index contributed by atoms with van der Waals surface area (Å²) in [6, 6.07) is 8.06. The van der Waals surface area contributed by atoms with Crippen LogP contribution in [0.3, 0.4) is 0 Å². The first-order valence-corrected chi connectivity index (χ1v) is 4.98. The summed E-state index contributed by atoms with van der Waals surface area (Å²) in [5, 5.41) is 16.5. The van der Waals surface area contributed by atoms with Gasteiger partial charge in [-0.2, -0.15) is 0 Å². The Morgan fingerprint density at radius 2 is 1.44 bits per heavy atom. The van der Waals surface area contributed by atoms with Gasteiger partial charge in [0.1, 0.15) is 0 Å². The molecule has 16 heavy (non-hydrogen) atoms. The second-order valence-electron chi connectivity index (χ2n) is 3.15. The third-order valence-corrected chi connectivity index (χ3v) is 1.97. The van der Waals surface area contributed by atoms with Crippen LogP contribution >= 0.6 is 0 Å². The average molecular weight is 230 g/mol. The molecule has 0 atom stereocenters. The summed E-state index contributed by atoms with van der Waals surface area (Å²) >= 11 is 0. The van der Waals surface area contributed by atoms with Crippen molar-refractivity contribution in [3.8, 4) is 0 Å². The number of hydrogen-bond acceptors (Lipinski definition) is 4. The molecular weight excluding hydrogens is 215 g/mol. The zero-order valence-corrected chi connectivity index (χ0v) is 11.5. The van der Waals surface area contributed by atoms with Gasteiger partial charge in [-0.25, -0.2) is 0 Å². The first-order valence-electron chi connectivity index (χ1n) is 4.98. The maximum atomic E-state index is 10.1. The summed E-state index contributed by atoms with van der Waals surface area (Å²) in [6.45, 7) is 4.56. The van der Waals surface area contributed by atoms with Gasteiger partial charge in [0, 0.05) is 26.2 Å². The number of rotatable bonds is 1. The standard InChI is InChI=1S/C7H6O2.C4H10N2.Na/c8-7(9)6-4-2-1-3-5-6;1-2-6-4-3-5-1;/h1-5H,(H,8,9);5-6H,1-4H2;/q;;+1/p-1. The van der Waals surface area contributed by atoms with Gasteiger partial charge in [0.05, 0.1) is 5.97 Å². The smallest absolute Gasteiger partial charge is 0.545 e. The molecule has 1 heterocycles. The van der Waals surface area contributed by atoms with Crippen molar-refractivity contribution in [2.24, 2.45) is 0 Å². The molecule has 1 aromatic carbocycles. The Kier molecular flexibility index (Phi) is 9.57. The fraction of sp³-hybridized carbons (Fsp3) is 0.364. The number of aromatic carboxylic acids is 1. The molecule has 1 aliphatic heterocycles. The van der Waals surface area contributed by atoms with Crippen LogP contribution < -0.4 is 45.3 Å². The first kappa shape index (κ1) is 15.6. The van der Waals surface area contributed by atoms with E-state index in [9.17, 15) is 9.90 Å². The van der Waals surface area contributed by atoms with E-state index in [1.54, 1.807) is 18.2 Å². The van der Waals surface area contributed by atoms with Crippen molar-refractivity contribution in [1.29, 1.82) is 0 Å². The predicted octanol–water partition coefficient (Wildman–Crippen LogP) is -3.77. The summed E-state index contributed by atoms with van der Waals surface area (Å²) in [5.74, 6) is -1.13. The summed E-state index contributed by atoms with van der Waals surface area (Å²) in [7, 11) is 0. The van der Waals surface area contributed by atoms with Gasteiger partial charge in [-0.3, -0.25) is 0 Å². The van der Waals surface area contributed by atoms with E-state index in [0.717, 1.165) is 26.2 Å². The number of benzene rings is 1. The van der Waals surface area contributed by atoms with Crippen molar-refractivity contribution >= 4 is 5.97 Å². The molecule has 1 fully saturated rings. The van der Waals surface area contributed by atoms with Crippen LogP contribution in [-0.2, 0) is 0 Å². The van der Waals surface area contributed by atoms with E-state index in [2.05, 4.69) is 10.6 Å². The fourth-order valence-electron chi connectivity index (χ4n) is 1.18. The van der Waals surface area contributed by atoms with Gasteiger partial charge >= 0.3 is 29.6 Å². The van der Waals surface area contributed by atoms with Crippen LogP contribution in [0.4, 0.5) is 0 Å². The Bertz CT molecular complexity index is 278. The number of piperazine rings is 1. The number of nitrogens with one attached hydrogen (secondary N) is 2. The molecule has 0 spiro atoms. The molecule has 5 heteroatoms. The van der Waals surface area contributed by atoms with Gasteiger partial charge < -0.3 is 20.5 Å². The maximum absolute atomic E-state index is 10.1. The van der Waals surface area contributed by atoms with Gasteiger partial charge in [-0.15, -0.1) is 0 Å². The summed E-state index contributed by atoms with van der Waals surface area (Å²) < 4.78 is 0. The minimum Gasteiger partial charge on any atom is -0.545 e. The molecule has 4 nitrogen and oxygen atoms in total. The Morgan fingerprint density at radius 1 is 1.00 bits per heavy atom. The molecule has 0 saturated carbocycles. The van der Waals surface area contributed by atoms with E-state index >= 15 is 0 Å². The molecule has 0 aliphatic carbocycles. The molecule has 0 aromatic heterocycles. The second-order valence-corrected chi connectivity index (χ2v) is 3.15. The van der Waals surface area contributed by atoms with Crippen molar-refractivity contribution < 1.29 is 39.5 Å². The van der Waals surface area contributed by atoms with Crippen molar-refractivity contribution in [3.63, 3.8) is 0 Å². The summed E-state index contributed by atoms with van der Waals surface area (Å²) in [5.41, 5.74) is 0.220. The van der Waals surface area contributed by atoms with Gasteiger partial charge in [-0.1, -0.05) is 30.3 Å². The number of carboxylic acids is 1. The van der Waals surface area contributed by atoms with Crippen LogP contribution in [0.25, 0.3) is 0 Å². The van der Waals surface area contributed by atoms with Crippen molar-refractivity contribution in [2.45, 2.75) is 0 Å². The van der Waals surface area contributed by atoms with Gasteiger partial charge in [0.15, 0.2) is 0 Å². The zero-order chi connectivity index (χ0) is 10.9. The molecule has 2 N–H and O–H groups in total. The van der Waals surface area contributed by atoms with Gasteiger partial charge in [0.25, 0.3) is 0 Å². The molecule has 0 unspecified atom stereocenters. The van der Waals surface area contributed by atoms with Gasteiger partial charge in [-0.05, 0) is 5.56 Å². The van der Waals surface area contributed by atoms with Crippen LogP contribution in [0.15, 0.2) is 30.3 Å². The Labute approximate surface area is 118 Å². The van der Waals surface area contributed by atoms with Crippen LogP contribution in [0.5, 0.6) is 0 Å². The van der Waals surface area contributed by atoms with Crippen LogP contribution in [-0.4, -0.2) is 32.1 Å². The monoisotopic (exact) mass is 230 g/mol. The molecule has 0 radical (unpaired) electrons. The molecule has 2 rings (SSSR count). The Balaban J connectivity index is 0.000000283. The molecule has 1 aliphatic rings. The third kappa shape index (κ3) is 6.98. The molecule has 0 amide bonds. The van der Waals surface area contributed by atoms with Gasteiger partial charge in [0.2, 0.25) is 0 Å². The molecule has 82 valence electrons. The Hall–Kier alpha value is -0.390. The second kappa shape index (κ2) is 9.81. The van der Waals surface area contributed by atoms with E-state index in [-0.39, 0.29) is 35.1 Å². The van der Waals surface area contributed by atoms with E-state index in [1.165, 1.54) is 12.1 Å². The number of carbonyl (C=O) groups excluding carboxylic acids is 1. The van der Waals surface area contributed by atoms with Crippen LogP contribution in [0.1, 0.15) is 10.4 Å². The van der Waals surface area contributed by atoms with Crippen molar-refractivity contribution in [1.82, 2.24) is 10.6 Å². The van der Waals surface area contributed by atoms with E-state index in [1.807, 2.05) is 0 Å². The number of hydrogen-bond donors (Lipinski definition) is 2. The summed E-state index contributed by atoms with van der Waals surface area (Å²) in [4.78, 5) is 10.1. The average Bonchev–Trinajstić information content (AvgIpc) is 2.33. The topological polar surface area (TPSA) is 64.2 Å². The third-order valence-electron chi connectivity index (χ3n) is 1.97. The zero-order valence-electron chi connectivity index (χ0n) is 9.53. The predicted molar refractivity (Wildman–Crippen MR) is 56.5 cm³/mol. The largest absolute Gasteiger partial charge is 1.00 e. The quantitative estimate of drug-likeness (QED) is 0.486.